The molecule has 0 saturated heterocycles. The number of fused-ring (bicyclic) bond motifs is 1. The Morgan fingerprint density at radius 2 is 1.89 bits per heavy atom. The molecule has 38 heavy (non-hydrogen) atoms. The smallest absolute Gasteiger partial charge is 0.106 e. The first-order chi connectivity index (χ1) is 18.4. The van der Waals surface area contributed by atoms with Crippen molar-refractivity contribution in [3.8, 4) is 6.07 Å². The summed E-state index contributed by atoms with van der Waals surface area (Å²) in [7, 11) is 0. The van der Waals surface area contributed by atoms with Gasteiger partial charge in [0.2, 0.25) is 0 Å². The molecule has 0 bridgehead atoms. The molecule has 10 heteroatoms. The Hall–Kier alpha value is -3.84. The largest absolute Gasteiger partial charge is 0.377 e. The quantitative estimate of drug-likeness (QED) is 0.201. The topological polar surface area (TPSA) is 101 Å². The first-order valence-electron chi connectivity index (χ1n) is 12.4. The number of anilines is 2. The third-order valence-electron chi connectivity index (χ3n) is 6.54. The zero-order valence-corrected chi connectivity index (χ0v) is 23.2. The van der Waals surface area contributed by atoms with Crippen LogP contribution in [0.3, 0.4) is 0 Å². The van der Waals surface area contributed by atoms with Crippen LogP contribution in [0.2, 0.25) is 5.02 Å². The van der Waals surface area contributed by atoms with Crippen LogP contribution >= 0.6 is 22.9 Å². The Morgan fingerprint density at radius 3 is 2.55 bits per heavy atom. The molecule has 2 atom stereocenters. The number of hydrogen-bond donors (Lipinski definition) is 4. The molecule has 194 valence electrons. The van der Waals surface area contributed by atoms with Crippen LogP contribution in [0, 0.1) is 18.3 Å². The third kappa shape index (κ3) is 5.11. The Bertz CT molecular complexity index is 1530. The minimum Gasteiger partial charge on any atom is -0.377 e. The van der Waals surface area contributed by atoms with Crippen molar-refractivity contribution in [1.82, 2.24) is 25.9 Å². The predicted octanol–water partition coefficient (Wildman–Crippen LogP) is 6.43. The number of nitrogens with zero attached hydrogens (tertiary/aromatic N) is 4. The number of thiazole rings is 1. The second-order valence-corrected chi connectivity index (χ2v) is 10.8. The summed E-state index contributed by atoms with van der Waals surface area (Å²) in [5, 5.41) is 20.4. The van der Waals surface area contributed by atoms with Gasteiger partial charge in [0.05, 0.1) is 43.6 Å². The van der Waals surface area contributed by atoms with Gasteiger partial charge in [-0.1, -0.05) is 41.9 Å². The SMILES string of the molecule is Cc1ncsc1[C@H](Nc1cc(Cl)c2ncc(C#N)c(N[C@H](C)c3ccccc3)c2c1)C1=CN(C(C)C)NN1. The van der Waals surface area contributed by atoms with E-state index in [1.54, 1.807) is 17.5 Å². The molecule has 0 radical (unpaired) electrons. The maximum atomic E-state index is 9.90. The van der Waals surface area contributed by atoms with Gasteiger partial charge >= 0.3 is 0 Å². The van der Waals surface area contributed by atoms with Gasteiger partial charge in [0.25, 0.3) is 0 Å². The molecule has 8 nitrogen and oxygen atoms in total. The molecule has 0 unspecified atom stereocenters. The zero-order chi connectivity index (χ0) is 26.8. The van der Waals surface area contributed by atoms with E-state index in [1.165, 1.54) is 0 Å². The van der Waals surface area contributed by atoms with Crippen molar-refractivity contribution in [1.29, 1.82) is 5.26 Å². The molecule has 1 aliphatic heterocycles. The molecule has 2 aromatic carbocycles. The molecule has 2 aromatic heterocycles. The van der Waals surface area contributed by atoms with Gasteiger partial charge in [-0.25, -0.2) is 4.98 Å². The highest BCUT2D eigenvalue weighted by atomic mass is 35.5. The van der Waals surface area contributed by atoms with Crippen molar-refractivity contribution in [2.24, 2.45) is 0 Å². The lowest BCUT2D eigenvalue weighted by molar-refractivity contribution is 0.221. The van der Waals surface area contributed by atoms with Gasteiger partial charge in [-0.15, -0.1) is 16.9 Å². The highest BCUT2D eigenvalue weighted by molar-refractivity contribution is 7.09. The van der Waals surface area contributed by atoms with E-state index in [0.717, 1.165) is 32.9 Å². The molecule has 0 saturated carbocycles. The van der Waals surface area contributed by atoms with Crippen LogP contribution < -0.4 is 21.6 Å². The Morgan fingerprint density at radius 1 is 1.11 bits per heavy atom. The minimum atomic E-state index is -0.195. The molecule has 0 fully saturated rings. The molecule has 4 aromatic rings. The van der Waals surface area contributed by atoms with Crippen LogP contribution in [0.5, 0.6) is 0 Å². The van der Waals surface area contributed by atoms with Gasteiger partial charge in [0.15, 0.2) is 0 Å². The number of rotatable bonds is 8. The predicted molar refractivity (Wildman–Crippen MR) is 154 cm³/mol. The number of benzene rings is 2. The van der Waals surface area contributed by atoms with E-state index in [4.69, 9.17) is 11.6 Å². The number of aromatic nitrogens is 2. The standard InChI is InChI=1S/C28H29ClN8S/c1-16(2)37-14-24(35-36-37)27(28-18(4)32-15-38-28)34-21-10-22-25(33-17(3)19-8-6-5-7-9-19)20(12-30)13-31-26(22)23(29)11-21/h5-11,13-17,27,34-36H,1-4H3,(H,31,33)/t17-,27-/m1/s1. The second kappa shape index (κ2) is 10.9. The van der Waals surface area contributed by atoms with Gasteiger partial charge in [-0.2, -0.15) is 5.26 Å². The molecule has 1 aliphatic rings. The Kier molecular flexibility index (Phi) is 7.38. The van der Waals surface area contributed by atoms with Gasteiger partial charge in [0.1, 0.15) is 12.1 Å². The van der Waals surface area contributed by atoms with E-state index in [2.05, 4.69) is 76.7 Å². The van der Waals surface area contributed by atoms with Crippen molar-refractivity contribution >= 4 is 45.2 Å². The number of halogens is 1. The molecule has 0 aliphatic carbocycles. The fourth-order valence-electron chi connectivity index (χ4n) is 4.43. The van der Waals surface area contributed by atoms with Crippen LogP contribution in [0.25, 0.3) is 10.9 Å². The minimum absolute atomic E-state index is 0.0298. The summed E-state index contributed by atoms with van der Waals surface area (Å²) in [6.45, 7) is 8.30. The number of hydrogen-bond acceptors (Lipinski definition) is 9. The van der Waals surface area contributed by atoms with Crippen LogP contribution in [-0.4, -0.2) is 21.0 Å². The maximum Gasteiger partial charge on any atom is 0.106 e. The molecule has 4 N–H and O–H groups in total. The van der Waals surface area contributed by atoms with Crippen molar-refractivity contribution < 1.29 is 0 Å². The van der Waals surface area contributed by atoms with E-state index in [0.29, 0.717) is 21.8 Å². The van der Waals surface area contributed by atoms with Gasteiger partial charge in [-0.05, 0) is 45.4 Å². The highest BCUT2D eigenvalue weighted by Gasteiger charge is 2.26. The summed E-state index contributed by atoms with van der Waals surface area (Å²) in [6, 6.07) is 16.3. The molecule has 3 heterocycles. The van der Waals surface area contributed by atoms with Crippen molar-refractivity contribution in [3.05, 3.63) is 92.8 Å². The lowest BCUT2D eigenvalue weighted by Crippen LogP contribution is -2.41. The van der Waals surface area contributed by atoms with E-state index in [-0.39, 0.29) is 18.1 Å². The lowest BCUT2D eigenvalue weighted by atomic mass is 10.0. The van der Waals surface area contributed by atoms with Crippen LogP contribution in [0.15, 0.2) is 66.1 Å². The number of pyridine rings is 1. The highest BCUT2D eigenvalue weighted by Crippen LogP contribution is 2.38. The van der Waals surface area contributed by atoms with Gasteiger partial charge in [0, 0.05) is 35.6 Å². The summed E-state index contributed by atoms with van der Waals surface area (Å²) in [6.07, 6.45) is 3.64. The average Bonchev–Trinajstić information content (AvgIpc) is 3.58. The normalized spacial score (nSPS) is 14.7. The first kappa shape index (κ1) is 25.8. The van der Waals surface area contributed by atoms with Crippen LogP contribution in [-0.2, 0) is 0 Å². The molecule has 5 rings (SSSR count). The number of aryl methyl sites for hydroxylation is 1. The summed E-state index contributed by atoms with van der Waals surface area (Å²) < 4.78 is 0. The molecule has 0 amide bonds. The Balaban J connectivity index is 1.57. The zero-order valence-electron chi connectivity index (χ0n) is 21.6. The maximum absolute atomic E-state index is 9.90. The number of nitrogens with one attached hydrogen (secondary N) is 4. The fourth-order valence-corrected chi connectivity index (χ4v) is 5.57. The molecular formula is C28H29ClN8S. The lowest BCUT2D eigenvalue weighted by Gasteiger charge is -2.22. The van der Waals surface area contributed by atoms with Crippen LogP contribution in [0.4, 0.5) is 11.4 Å². The van der Waals surface area contributed by atoms with E-state index >= 15 is 0 Å². The third-order valence-corrected chi connectivity index (χ3v) is 7.82. The van der Waals surface area contributed by atoms with Crippen molar-refractivity contribution in [2.75, 3.05) is 10.6 Å². The van der Waals surface area contributed by atoms with Gasteiger partial charge < -0.3 is 16.1 Å². The second-order valence-electron chi connectivity index (χ2n) is 9.49. The first-order valence-corrected chi connectivity index (χ1v) is 13.6. The number of nitriles is 1. The van der Waals surface area contributed by atoms with Crippen LogP contribution in [0.1, 0.15) is 54.6 Å². The summed E-state index contributed by atoms with van der Waals surface area (Å²) in [5.74, 6) is 0. The van der Waals surface area contributed by atoms with E-state index in [1.807, 2.05) is 47.8 Å². The fraction of sp³-hybridized carbons (Fsp3) is 0.250. The molecular weight excluding hydrogens is 516 g/mol. The summed E-state index contributed by atoms with van der Waals surface area (Å²) in [5.41, 5.74) is 14.0. The summed E-state index contributed by atoms with van der Waals surface area (Å²) in [4.78, 5) is 10.1. The number of hydrazine groups is 2. The Labute approximate surface area is 231 Å². The van der Waals surface area contributed by atoms with Crippen molar-refractivity contribution in [3.63, 3.8) is 0 Å². The van der Waals surface area contributed by atoms with E-state index < -0.39 is 0 Å². The average molecular weight is 545 g/mol. The summed E-state index contributed by atoms with van der Waals surface area (Å²) >= 11 is 8.37. The van der Waals surface area contributed by atoms with Crippen molar-refractivity contribution in [2.45, 2.75) is 45.8 Å². The molecule has 0 spiro atoms. The monoisotopic (exact) mass is 544 g/mol. The van der Waals surface area contributed by atoms with Gasteiger partial charge in [-0.3, -0.25) is 9.99 Å². The van der Waals surface area contributed by atoms with E-state index in [9.17, 15) is 5.26 Å².